The number of nitrogens with zero attached hydrogens (tertiary/aromatic N) is 1. The third kappa shape index (κ3) is 6.00. The zero-order valence-corrected chi connectivity index (χ0v) is 21.4. The topological polar surface area (TPSA) is 87.0 Å². The number of alkyl halides is 3. The van der Waals surface area contributed by atoms with Crippen LogP contribution in [0.1, 0.15) is 40.5 Å². The lowest BCUT2D eigenvalue weighted by atomic mass is 10.0. The molecule has 0 amide bonds. The van der Waals surface area contributed by atoms with E-state index in [0.717, 1.165) is 0 Å². The lowest BCUT2D eigenvalue weighted by Gasteiger charge is -2.18. The molecule has 0 aliphatic rings. The second kappa shape index (κ2) is 11.1. The van der Waals surface area contributed by atoms with Crippen LogP contribution in [0.3, 0.4) is 0 Å². The van der Waals surface area contributed by atoms with E-state index in [9.17, 15) is 27.9 Å². The zero-order valence-electron chi connectivity index (χ0n) is 21.4. The Morgan fingerprint density at radius 2 is 1.67 bits per heavy atom. The van der Waals surface area contributed by atoms with Gasteiger partial charge in [0, 0.05) is 28.3 Å². The first-order valence-corrected chi connectivity index (χ1v) is 12.1. The summed E-state index contributed by atoms with van der Waals surface area (Å²) in [4.78, 5) is 25.2. The Bertz CT molecular complexity index is 1510. The number of carboxylic acids is 1. The van der Waals surface area contributed by atoms with Crippen molar-refractivity contribution >= 4 is 22.7 Å². The highest BCUT2D eigenvalue weighted by Gasteiger charge is 2.32. The fourth-order valence-corrected chi connectivity index (χ4v) is 4.41. The molecule has 39 heavy (non-hydrogen) atoms. The number of methoxy groups -OCH3 is 1. The molecule has 4 aromatic rings. The number of carbonyl (C=O) groups is 2. The molecule has 0 saturated carbocycles. The third-order valence-corrected chi connectivity index (χ3v) is 6.33. The van der Waals surface area contributed by atoms with Crippen molar-refractivity contribution in [1.82, 2.24) is 4.57 Å². The molecule has 1 atom stereocenters. The number of rotatable bonds is 10. The Balaban J connectivity index is 1.85. The second-order valence-electron chi connectivity index (χ2n) is 8.79. The number of fused-ring (bicyclic) bond motifs is 1. The van der Waals surface area contributed by atoms with Gasteiger partial charge in [-0.05, 0) is 55.8 Å². The Morgan fingerprint density at radius 1 is 1.00 bits per heavy atom. The Hall–Kier alpha value is -4.47. The van der Waals surface area contributed by atoms with Gasteiger partial charge in [0.15, 0.2) is 11.9 Å². The highest BCUT2D eigenvalue weighted by Crippen LogP contribution is 2.34. The average Bonchev–Trinajstić information content (AvgIpc) is 3.16. The number of hydrogen-bond donors (Lipinski definition) is 1. The van der Waals surface area contributed by atoms with Crippen LogP contribution in [-0.2, 0) is 11.3 Å². The largest absolute Gasteiger partial charge is 0.573 e. The second-order valence-corrected chi connectivity index (χ2v) is 8.79. The minimum atomic E-state index is -4.89. The molecule has 1 N–H and O–H groups in total. The number of carbonyl (C=O) groups excluding carboxylic acids is 1. The maximum atomic E-state index is 13.6. The molecular weight excluding hydrogens is 515 g/mol. The molecule has 0 saturated heterocycles. The van der Waals surface area contributed by atoms with Crippen LogP contribution >= 0.6 is 0 Å². The van der Waals surface area contributed by atoms with Gasteiger partial charge in [-0.2, -0.15) is 0 Å². The number of benzene rings is 3. The molecule has 0 aliphatic heterocycles. The van der Waals surface area contributed by atoms with Gasteiger partial charge in [-0.1, -0.05) is 25.1 Å². The van der Waals surface area contributed by atoms with Crippen molar-refractivity contribution in [2.24, 2.45) is 0 Å². The van der Waals surface area contributed by atoms with Crippen molar-refractivity contribution in [1.29, 1.82) is 0 Å². The van der Waals surface area contributed by atoms with Crippen LogP contribution in [0.5, 0.6) is 17.2 Å². The number of carboxylic acid groups (broad SMARTS) is 1. The molecule has 1 aromatic heterocycles. The number of aliphatic carboxylic acids is 1. The minimum Gasteiger partial charge on any atom is -0.497 e. The van der Waals surface area contributed by atoms with E-state index in [-0.39, 0.29) is 18.7 Å². The summed E-state index contributed by atoms with van der Waals surface area (Å²) in [6.07, 6.45) is -5.74. The fraction of sp³-hybridized carbons (Fsp3) is 0.241. The number of halogens is 3. The van der Waals surface area contributed by atoms with E-state index in [4.69, 9.17) is 9.47 Å². The molecule has 204 valence electrons. The normalized spacial score (nSPS) is 12.3. The van der Waals surface area contributed by atoms with E-state index in [1.54, 1.807) is 66.9 Å². The zero-order chi connectivity index (χ0) is 28.3. The van der Waals surface area contributed by atoms with Crippen molar-refractivity contribution in [2.45, 2.75) is 39.3 Å². The van der Waals surface area contributed by atoms with Crippen LogP contribution in [0.4, 0.5) is 13.2 Å². The number of ketones is 1. The predicted octanol–water partition coefficient (Wildman–Crippen LogP) is 6.38. The van der Waals surface area contributed by atoms with Crippen LogP contribution in [0.15, 0.2) is 66.7 Å². The smallest absolute Gasteiger partial charge is 0.497 e. The maximum Gasteiger partial charge on any atom is 0.573 e. The summed E-state index contributed by atoms with van der Waals surface area (Å²) in [6.45, 7) is 3.49. The van der Waals surface area contributed by atoms with Crippen molar-refractivity contribution in [3.05, 3.63) is 89.1 Å². The molecule has 0 aliphatic carbocycles. The molecule has 0 fully saturated rings. The lowest BCUT2D eigenvalue weighted by molar-refractivity contribution is -0.274. The van der Waals surface area contributed by atoms with Crippen molar-refractivity contribution in [2.75, 3.05) is 7.11 Å². The quantitative estimate of drug-likeness (QED) is 0.235. The summed E-state index contributed by atoms with van der Waals surface area (Å²) in [5.74, 6) is -0.971. The van der Waals surface area contributed by atoms with E-state index in [1.165, 1.54) is 25.3 Å². The van der Waals surface area contributed by atoms with E-state index in [1.807, 2.05) is 0 Å². The van der Waals surface area contributed by atoms with Gasteiger partial charge in [-0.3, -0.25) is 4.79 Å². The molecule has 1 heterocycles. The van der Waals surface area contributed by atoms with Gasteiger partial charge >= 0.3 is 12.3 Å². The summed E-state index contributed by atoms with van der Waals surface area (Å²) < 4.78 is 55.8. The van der Waals surface area contributed by atoms with Gasteiger partial charge in [-0.25, -0.2) is 4.79 Å². The van der Waals surface area contributed by atoms with Gasteiger partial charge in [0.1, 0.15) is 17.2 Å². The van der Waals surface area contributed by atoms with Gasteiger partial charge in [-0.15, -0.1) is 13.2 Å². The monoisotopic (exact) mass is 541 g/mol. The molecule has 3 aromatic carbocycles. The first-order chi connectivity index (χ1) is 18.5. The Morgan fingerprint density at radius 3 is 2.28 bits per heavy atom. The SMILES string of the molecule is CC[C@H](Oc1ccccc1Cn1c(C)c(C(=O)c2ccc(OC)cc2)c2ccc(OC(F)(F)F)cc21)C(=O)O. The van der Waals surface area contributed by atoms with Gasteiger partial charge in [0.2, 0.25) is 0 Å². The van der Waals surface area contributed by atoms with Crippen LogP contribution < -0.4 is 14.2 Å². The summed E-state index contributed by atoms with van der Waals surface area (Å²) in [5.41, 5.74) is 2.14. The van der Waals surface area contributed by atoms with E-state index >= 15 is 0 Å². The third-order valence-electron chi connectivity index (χ3n) is 6.33. The highest BCUT2D eigenvalue weighted by molar-refractivity contribution is 6.17. The number of ether oxygens (including phenoxy) is 3. The Labute approximate surface area is 222 Å². The average molecular weight is 542 g/mol. The first-order valence-electron chi connectivity index (χ1n) is 12.1. The maximum absolute atomic E-state index is 13.6. The van der Waals surface area contributed by atoms with E-state index in [0.29, 0.717) is 44.8 Å². The minimum absolute atomic E-state index is 0.0971. The standard InChI is InChI=1S/C29H26F3NO6/c1-4-24(28(35)36)38-25-8-6-5-7-19(25)16-33-17(2)26(27(34)18-9-11-20(37-3)12-10-18)22-14-13-21(15-23(22)33)39-29(30,31)32/h5-15,24H,4,16H2,1-3H3,(H,35,36)/t24-/m0/s1. The van der Waals surface area contributed by atoms with Crippen LogP contribution in [0.25, 0.3) is 10.9 Å². The van der Waals surface area contributed by atoms with Crippen molar-refractivity contribution < 1.29 is 42.1 Å². The molecule has 0 unspecified atom stereocenters. The molecule has 7 nitrogen and oxygen atoms in total. The molecule has 4 rings (SSSR count). The lowest BCUT2D eigenvalue weighted by Crippen LogP contribution is -2.26. The molecular formula is C29H26F3NO6. The summed E-state index contributed by atoms with van der Waals surface area (Å²) in [6, 6.07) is 17.2. The first kappa shape index (κ1) is 27.6. The highest BCUT2D eigenvalue weighted by atomic mass is 19.4. The van der Waals surface area contributed by atoms with Gasteiger partial charge in [0.05, 0.1) is 24.7 Å². The van der Waals surface area contributed by atoms with Crippen LogP contribution in [-0.4, -0.2) is 41.0 Å². The summed E-state index contributed by atoms with van der Waals surface area (Å²) in [5, 5.41) is 9.89. The number of aromatic nitrogens is 1. The van der Waals surface area contributed by atoms with Crippen LogP contribution in [0, 0.1) is 6.92 Å². The number of para-hydroxylation sites is 1. The molecule has 0 bridgehead atoms. The Kier molecular flexibility index (Phi) is 7.85. The van der Waals surface area contributed by atoms with E-state index in [2.05, 4.69) is 4.74 Å². The number of hydrogen-bond acceptors (Lipinski definition) is 5. The summed E-state index contributed by atoms with van der Waals surface area (Å²) >= 11 is 0. The van der Waals surface area contributed by atoms with E-state index < -0.39 is 24.2 Å². The fourth-order valence-electron chi connectivity index (χ4n) is 4.41. The van der Waals surface area contributed by atoms with Gasteiger partial charge in [0.25, 0.3) is 0 Å². The molecule has 0 radical (unpaired) electrons. The molecule has 10 heteroatoms. The van der Waals surface area contributed by atoms with Crippen LogP contribution in [0.2, 0.25) is 0 Å². The molecule has 0 spiro atoms. The predicted molar refractivity (Wildman–Crippen MR) is 138 cm³/mol. The van der Waals surface area contributed by atoms with Gasteiger partial charge < -0.3 is 23.9 Å². The van der Waals surface area contributed by atoms with Crippen molar-refractivity contribution in [3.8, 4) is 17.2 Å². The van der Waals surface area contributed by atoms with Crippen molar-refractivity contribution in [3.63, 3.8) is 0 Å². The summed E-state index contributed by atoms with van der Waals surface area (Å²) in [7, 11) is 1.51.